The molecule has 3 nitrogen and oxygen atoms in total. The lowest BCUT2D eigenvalue weighted by atomic mass is 9.93. The van der Waals surface area contributed by atoms with Crippen molar-refractivity contribution < 1.29 is 9.59 Å². The maximum Gasteiger partial charge on any atom is 0.186 e. The van der Waals surface area contributed by atoms with E-state index < -0.39 is 0 Å². The molecular weight excluding hydrogens is 274 g/mol. The largest absolute Gasteiger partial charge is 0.290 e. The molecule has 104 valence electrons. The highest BCUT2D eigenvalue weighted by Crippen LogP contribution is 2.29. The Labute approximate surface area is 126 Å². The van der Waals surface area contributed by atoms with Crippen molar-refractivity contribution in [2.75, 3.05) is 0 Å². The van der Waals surface area contributed by atoms with Gasteiger partial charge >= 0.3 is 0 Å². The van der Waals surface area contributed by atoms with E-state index in [0.717, 1.165) is 27.4 Å². The maximum absolute atomic E-state index is 12.1. The molecule has 0 atom stereocenters. The Hall–Kier alpha value is -3.07. The van der Waals surface area contributed by atoms with Gasteiger partial charge in [-0.3, -0.25) is 9.59 Å². The van der Waals surface area contributed by atoms with Crippen molar-refractivity contribution in [2.24, 2.45) is 0 Å². The molecule has 1 aliphatic rings. The van der Waals surface area contributed by atoms with E-state index in [-0.39, 0.29) is 11.6 Å². The molecule has 1 heterocycles. The highest BCUT2D eigenvalue weighted by atomic mass is 16.1. The van der Waals surface area contributed by atoms with Crippen LogP contribution in [0.5, 0.6) is 0 Å². The summed E-state index contributed by atoms with van der Waals surface area (Å²) < 4.78 is 0. The van der Waals surface area contributed by atoms with Gasteiger partial charge in [0.05, 0.1) is 11.0 Å². The molecule has 0 N–H and O–H groups in total. The second-order valence-corrected chi connectivity index (χ2v) is 5.21. The molecule has 0 saturated heterocycles. The van der Waals surface area contributed by atoms with Gasteiger partial charge < -0.3 is 0 Å². The average Bonchev–Trinajstić information content (AvgIpc) is 2.55. The van der Waals surface area contributed by atoms with Gasteiger partial charge in [-0.15, -0.1) is 0 Å². The van der Waals surface area contributed by atoms with Crippen LogP contribution < -0.4 is 0 Å². The number of para-hydroxylation sites is 1. The summed E-state index contributed by atoms with van der Waals surface area (Å²) in [6, 6.07) is 15.5. The quantitative estimate of drug-likeness (QED) is 0.508. The molecule has 3 aromatic rings. The third-order valence-electron chi connectivity index (χ3n) is 3.80. The third-order valence-corrected chi connectivity index (χ3v) is 3.80. The first kappa shape index (κ1) is 12.7. The summed E-state index contributed by atoms with van der Waals surface area (Å²) in [5, 5.41) is 1.89. The smallest absolute Gasteiger partial charge is 0.186 e. The molecule has 0 fully saturated rings. The zero-order chi connectivity index (χ0) is 15.1. The summed E-state index contributed by atoms with van der Waals surface area (Å²) in [6.45, 7) is 0. The van der Waals surface area contributed by atoms with Gasteiger partial charge in [0.2, 0.25) is 0 Å². The monoisotopic (exact) mass is 285 g/mol. The number of rotatable bonds is 1. The van der Waals surface area contributed by atoms with Crippen LogP contribution in [0.25, 0.3) is 27.4 Å². The summed E-state index contributed by atoms with van der Waals surface area (Å²) in [6.07, 6.45) is 4.02. The topological polar surface area (TPSA) is 47.0 Å². The van der Waals surface area contributed by atoms with Crippen LogP contribution in [0.3, 0.4) is 0 Å². The van der Waals surface area contributed by atoms with Crippen LogP contribution in [0.15, 0.2) is 66.8 Å². The highest BCUT2D eigenvalue weighted by Gasteiger charge is 2.17. The number of ketones is 2. The number of nitrogens with zero attached hydrogens (tertiary/aromatic N) is 1. The first-order chi connectivity index (χ1) is 10.7. The Balaban J connectivity index is 2.04. The molecule has 0 bridgehead atoms. The molecule has 1 aromatic heterocycles. The summed E-state index contributed by atoms with van der Waals surface area (Å²) in [5.41, 5.74) is 2.90. The normalized spacial score (nSPS) is 14.6. The fraction of sp³-hybridized carbons (Fsp3) is 0. The van der Waals surface area contributed by atoms with Crippen LogP contribution in [0, 0.1) is 0 Å². The Morgan fingerprint density at radius 1 is 0.818 bits per heavy atom. The third kappa shape index (κ3) is 1.95. The fourth-order valence-corrected chi connectivity index (χ4v) is 2.75. The maximum atomic E-state index is 12.1. The lowest BCUT2D eigenvalue weighted by Gasteiger charge is -2.11. The van der Waals surface area contributed by atoms with E-state index in [4.69, 9.17) is 0 Å². The summed E-state index contributed by atoms with van der Waals surface area (Å²) >= 11 is 0. The Bertz CT molecular complexity index is 1010. The number of pyridine rings is 1. The van der Waals surface area contributed by atoms with Gasteiger partial charge in [-0.25, -0.2) is 4.98 Å². The number of carbonyl (C=O) groups excluding carboxylic acids is 2. The van der Waals surface area contributed by atoms with Crippen LogP contribution in [0.4, 0.5) is 0 Å². The number of hydrogen-bond acceptors (Lipinski definition) is 3. The zero-order valence-corrected chi connectivity index (χ0v) is 11.6. The number of carbonyl (C=O) groups is 2. The molecule has 22 heavy (non-hydrogen) atoms. The standard InChI is InChI=1S/C19H11NO2/c21-13-8-9-19(22)16(11-13)14-5-3-7-18-15(14)10-12-4-1-2-6-17(12)20-18/h1-11H. The van der Waals surface area contributed by atoms with Crippen molar-refractivity contribution in [3.8, 4) is 0 Å². The van der Waals surface area contributed by atoms with E-state index in [9.17, 15) is 9.59 Å². The Morgan fingerprint density at radius 3 is 2.55 bits per heavy atom. The summed E-state index contributed by atoms with van der Waals surface area (Å²) in [5.74, 6) is -0.319. The molecule has 0 spiro atoms. The molecular formula is C19H11NO2. The van der Waals surface area contributed by atoms with E-state index in [1.807, 2.05) is 48.5 Å². The van der Waals surface area contributed by atoms with Crippen molar-refractivity contribution in [1.29, 1.82) is 0 Å². The predicted molar refractivity (Wildman–Crippen MR) is 86.4 cm³/mol. The number of fused-ring (bicyclic) bond motifs is 2. The van der Waals surface area contributed by atoms with E-state index in [2.05, 4.69) is 4.98 Å². The highest BCUT2D eigenvalue weighted by molar-refractivity contribution is 6.35. The number of allylic oxidation sites excluding steroid dienone is 4. The minimum Gasteiger partial charge on any atom is -0.290 e. The first-order valence-electron chi connectivity index (χ1n) is 6.99. The molecule has 0 radical (unpaired) electrons. The molecule has 0 unspecified atom stereocenters. The van der Waals surface area contributed by atoms with E-state index in [0.29, 0.717) is 5.57 Å². The molecule has 3 heteroatoms. The summed E-state index contributed by atoms with van der Waals surface area (Å²) in [7, 11) is 0. The van der Waals surface area contributed by atoms with Crippen molar-refractivity contribution >= 4 is 38.9 Å². The van der Waals surface area contributed by atoms with Crippen LogP contribution >= 0.6 is 0 Å². The molecule has 0 aliphatic heterocycles. The number of benzene rings is 2. The summed E-state index contributed by atoms with van der Waals surface area (Å²) in [4.78, 5) is 28.4. The lowest BCUT2D eigenvalue weighted by Crippen LogP contribution is -2.07. The predicted octanol–water partition coefficient (Wildman–Crippen LogP) is 3.48. The number of aromatic nitrogens is 1. The van der Waals surface area contributed by atoms with E-state index in [1.165, 1.54) is 18.2 Å². The molecule has 1 aliphatic carbocycles. The Kier molecular flexibility index (Phi) is 2.73. The van der Waals surface area contributed by atoms with Crippen molar-refractivity contribution in [3.05, 3.63) is 72.3 Å². The van der Waals surface area contributed by atoms with Crippen molar-refractivity contribution in [3.63, 3.8) is 0 Å². The van der Waals surface area contributed by atoms with E-state index >= 15 is 0 Å². The first-order valence-corrected chi connectivity index (χ1v) is 6.99. The zero-order valence-electron chi connectivity index (χ0n) is 11.6. The molecule has 2 aromatic carbocycles. The molecule has 0 amide bonds. The Morgan fingerprint density at radius 2 is 1.64 bits per heavy atom. The van der Waals surface area contributed by atoms with Gasteiger partial charge in [0, 0.05) is 16.3 Å². The second-order valence-electron chi connectivity index (χ2n) is 5.21. The van der Waals surface area contributed by atoms with Crippen LogP contribution in [0.1, 0.15) is 5.56 Å². The van der Waals surface area contributed by atoms with Gasteiger partial charge in [0.15, 0.2) is 11.6 Å². The number of hydrogen-bond donors (Lipinski definition) is 0. The minimum absolute atomic E-state index is 0.153. The fourth-order valence-electron chi connectivity index (χ4n) is 2.75. The van der Waals surface area contributed by atoms with Gasteiger partial charge in [0.25, 0.3) is 0 Å². The second kappa shape index (κ2) is 4.74. The minimum atomic E-state index is -0.166. The van der Waals surface area contributed by atoms with Crippen molar-refractivity contribution in [2.45, 2.75) is 0 Å². The average molecular weight is 285 g/mol. The van der Waals surface area contributed by atoms with Crippen LogP contribution in [-0.2, 0) is 9.59 Å². The molecule has 0 saturated carbocycles. The van der Waals surface area contributed by atoms with Crippen LogP contribution in [0.2, 0.25) is 0 Å². The molecule has 4 rings (SSSR count). The van der Waals surface area contributed by atoms with Gasteiger partial charge in [-0.2, -0.15) is 0 Å². The van der Waals surface area contributed by atoms with Gasteiger partial charge in [-0.05, 0) is 42.0 Å². The van der Waals surface area contributed by atoms with Gasteiger partial charge in [-0.1, -0.05) is 30.3 Å². The van der Waals surface area contributed by atoms with E-state index in [1.54, 1.807) is 0 Å². The lowest BCUT2D eigenvalue weighted by molar-refractivity contribution is -0.113. The van der Waals surface area contributed by atoms with Crippen LogP contribution in [-0.4, -0.2) is 16.6 Å². The van der Waals surface area contributed by atoms with Crippen molar-refractivity contribution in [1.82, 2.24) is 4.98 Å². The van der Waals surface area contributed by atoms with Gasteiger partial charge in [0.1, 0.15) is 0 Å². The SMILES string of the molecule is O=C1C=CC(=O)C(c2cccc3nc4ccccc4cc23)=C1.